The summed E-state index contributed by atoms with van der Waals surface area (Å²) in [5.41, 5.74) is 1.17. The zero-order valence-corrected chi connectivity index (χ0v) is 10.3. The van der Waals surface area contributed by atoms with Gasteiger partial charge in [-0.05, 0) is 24.3 Å². The number of rotatable bonds is 3. The van der Waals surface area contributed by atoms with E-state index in [1.54, 1.807) is 6.92 Å². The van der Waals surface area contributed by atoms with Crippen LogP contribution in [0.25, 0.3) is 0 Å². The molecule has 0 bridgehead atoms. The van der Waals surface area contributed by atoms with Gasteiger partial charge in [0, 0.05) is 12.3 Å². The highest BCUT2D eigenvalue weighted by Gasteiger charge is 2.66. The normalized spacial score (nSPS) is 33.1. The average molecular weight is 244 g/mol. The zero-order chi connectivity index (χ0) is 12.7. The summed E-state index contributed by atoms with van der Waals surface area (Å²) in [6.45, 7) is 2.19. The largest absolute Gasteiger partial charge is 0.466 e. The second-order valence-corrected chi connectivity index (χ2v) is 5.07. The lowest BCUT2D eigenvalue weighted by Gasteiger charge is -2.13. The number of hydrogen-bond acceptors (Lipinski definition) is 3. The Bertz CT molecular complexity index is 480. The molecule has 2 aliphatic carbocycles. The van der Waals surface area contributed by atoms with E-state index in [2.05, 4.69) is 0 Å². The van der Waals surface area contributed by atoms with Crippen LogP contribution in [0.1, 0.15) is 24.8 Å². The smallest absolute Gasteiger partial charge is 0.309 e. The molecule has 4 atom stereocenters. The molecule has 0 heterocycles. The lowest BCUT2D eigenvalue weighted by molar-refractivity contribution is -0.146. The summed E-state index contributed by atoms with van der Waals surface area (Å²) in [6, 6.07) is 10.0. The molecule has 0 radical (unpaired) electrons. The van der Waals surface area contributed by atoms with Crippen LogP contribution in [0, 0.1) is 17.8 Å². The molecule has 3 nitrogen and oxygen atoms in total. The molecule has 2 saturated carbocycles. The van der Waals surface area contributed by atoms with E-state index in [1.807, 2.05) is 30.3 Å². The Labute approximate surface area is 106 Å². The van der Waals surface area contributed by atoms with Gasteiger partial charge in [0.1, 0.15) is 5.78 Å². The molecule has 18 heavy (non-hydrogen) atoms. The van der Waals surface area contributed by atoms with E-state index < -0.39 is 0 Å². The first-order chi connectivity index (χ1) is 8.74. The maximum absolute atomic E-state index is 11.9. The van der Waals surface area contributed by atoms with Crippen LogP contribution in [-0.2, 0) is 14.3 Å². The van der Waals surface area contributed by atoms with Crippen molar-refractivity contribution in [2.45, 2.75) is 19.3 Å². The molecule has 2 fully saturated rings. The van der Waals surface area contributed by atoms with Crippen molar-refractivity contribution in [1.82, 2.24) is 0 Å². The number of carbonyl (C=O) groups excluding carboxylic acids is 2. The molecule has 3 rings (SSSR count). The molecule has 0 aliphatic heterocycles. The maximum Gasteiger partial charge on any atom is 0.309 e. The summed E-state index contributed by atoms with van der Waals surface area (Å²) in [5, 5.41) is 0. The van der Waals surface area contributed by atoms with E-state index in [0.717, 1.165) is 0 Å². The summed E-state index contributed by atoms with van der Waals surface area (Å²) < 4.78 is 5.04. The molecule has 3 heteroatoms. The van der Waals surface area contributed by atoms with Gasteiger partial charge >= 0.3 is 5.97 Å². The van der Waals surface area contributed by atoms with Crippen molar-refractivity contribution in [3.63, 3.8) is 0 Å². The molecule has 94 valence electrons. The first kappa shape index (κ1) is 11.5. The van der Waals surface area contributed by atoms with Gasteiger partial charge in [-0.2, -0.15) is 0 Å². The maximum atomic E-state index is 11.9. The summed E-state index contributed by atoms with van der Waals surface area (Å²) in [6.07, 6.45) is 0.579. The van der Waals surface area contributed by atoms with Gasteiger partial charge in [0.05, 0.1) is 12.5 Å². The Kier molecular flexibility index (Phi) is 2.69. The summed E-state index contributed by atoms with van der Waals surface area (Å²) in [7, 11) is 0. The molecule has 1 aromatic rings. The van der Waals surface area contributed by atoms with Crippen LogP contribution < -0.4 is 0 Å². The van der Waals surface area contributed by atoms with Crippen LogP contribution >= 0.6 is 0 Å². The highest BCUT2D eigenvalue weighted by Crippen LogP contribution is 2.62. The van der Waals surface area contributed by atoms with Crippen molar-refractivity contribution >= 4 is 11.8 Å². The van der Waals surface area contributed by atoms with Crippen molar-refractivity contribution in [2.24, 2.45) is 17.8 Å². The minimum atomic E-state index is -0.193. The Hall–Kier alpha value is -1.64. The van der Waals surface area contributed by atoms with E-state index in [-0.39, 0.29) is 35.4 Å². The monoisotopic (exact) mass is 244 g/mol. The minimum absolute atomic E-state index is 0.0748. The third kappa shape index (κ3) is 1.65. The van der Waals surface area contributed by atoms with Gasteiger partial charge < -0.3 is 4.74 Å². The number of hydrogen-bond donors (Lipinski definition) is 0. The molecule has 0 aromatic heterocycles. The zero-order valence-electron chi connectivity index (χ0n) is 10.3. The van der Waals surface area contributed by atoms with Gasteiger partial charge in [0.2, 0.25) is 0 Å². The molecule has 0 saturated heterocycles. The van der Waals surface area contributed by atoms with Crippen LogP contribution in [0.4, 0.5) is 0 Å². The lowest BCUT2D eigenvalue weighted by atomic mass is 9.91. The van der Waals surface area contributed by atoms with Crippen LogP contribution in [-0.4, -0.2) is 18.4 Å². The second-order valence-electron chi connectivity index (χ2n) is 5.07. The number of ketones is 1. The Morgan fingerprint density at radius 3 is 2.72 bits per heavy atom. The highest BCUT2D eigenvalue weighted by atomic mass is 16.5. The van der Waals surface area contributed by atoms with Gasteiger partial charge in [0.15, 0.2) is 0 Å². The summed E-state index contributed by atoms with van der Waals surface area (Å²) >= 11 is 0. The standard InChI is InChI=1S/C15H16O3/c1-2-18-15(17)14-12-10(8-11(16)13(12)14)9-6-4-3-5-7-9/h3-7,10,12-14H,2,8H2,1H3. The molecular formula is C15H16O3. The van der Waals surface area contributed by atoms with Crippen molar-refractivity contribution in [2.75, 3.05) is 6.61 Å². The predicted octanol–water partition coefficient (Wildman–Crippen LogP) is 2.17. The van der Waals surface area contributed by atoms with E-state index in [1.165, 1.54) is 5.56 Å². The first-order valence-corrected chi connectivity index (χ1v) is 6.48. The molecule has 0 N–H and O–H groups in total. The van der Waals surface area contributed by atoms with Gasteiger partial charge in [-0.25, -0.2) is 0 Å². The van der Waals surface area contributed by atoms with Crippen LogP contribution in [0.2, 0.25) is 0 Å². The number of fused-ring (bicyclic) bond motifs is 1. The van der Waals surface area contributed by atoms with Gasteiger partial charge in [-0.3, -0.25) is 9.59 Å². The SMILES string of the molecule is CCOC(=O)C1C2C(=O)CC(c3ccccc3)C21. The Balaban J connectivity index is 1.80. The third-order valence-electron chi connectivity index (χ3n) is 4.12. The van der Waals surface area contributed by atoms with Crippen LogP contribution in [0.5, 0.6) is 0 Å². The molecule has 0 spiro atoms. The summed E-state index contributed by atoms with van der Waals surface area (Å²) in [5.74, 6) is 0.163. The average Bonchev–Trinajstić information content (AvgIpc) is 3.04. The van der Waals surface area contributed by atoms with Crippen molar-refractivity contribution in [3.05, 3.63) is 35.9 Å². The number of esters is 1. The second kappa shape index (κ2) is 4.23. The van der Waals surface area contributed by atoms with Gasteiger partial charge in [-0.1, -0.05) is 30.3 Å². The van der Waals surface area contributed by atoms with Crippen molar-refractivity contribution in [3.8, 4) is 0 Å². The molecule has 2 aliphatic rings. The van der Waals surface area contributed by atoms with E-state index >= 15 is 0 Å². The lowest BCUT2D eigenvalue weighted by Crippen LogP contribution is -2.15. The fourth-order valence-electron chi connectivity index (χ4n) is 3.32. The highest BCUT2D eigenvalue weighted by molar-refractivity contribution is 5.96. The minimum Gasteiger partial charge on any atom is -0.466 e. The number of carbonyl (C=O) groups is 2. The van der Waals surface area contributed by atoms with Crippen molar-refractivity contribution in [1.29, 1.82) is 0 Å². The molecule has 4 unspecified atom stereocenters. The van der Waals surface area contributed by atoms with Gasteiger partial charge in [-0.15, -0.1) is 0 Å². The third-order valence-corrected chi connectivity index (χ3v) is 4.12. The Morgan fingerprint density at radius 1 is 1.33 bits per heavy atom. The number of Topliss-reactive ketones (excluding diaryl/α,β-unsaturated/α-hetero) is 1. The Morgan fingerprint density at radius 2 is 2.06 bits per heavy atom. The molecular weight excluding hydrogens is 228 g/mol. The molecule has 0 amide bonds. The topological polar surface area (TPSA) is 43.4 Å². The summed E-state index contributed by atoms with van der Waals surface area (Å²) in [4.78, 5) is 23.7. The van der Waals surface area contributed by atoms with Crippen LogP contribution in [0.15, 0.2) is 30.3 Å². The first-order valence-electron chi connectivity index (χ1n) is 6.48. The molecule has 1 aromatic carbocycles. The quantitative estimate of drug-likeness (QED) is 0.765. The van der Waals surface area contributed by atoms with E-state index in [4.69, 9.17) is 4.74 Å². The predicted molar refractivity (Wildman–Crippen MR) is 65.9 cm³/mol. The van der Waals surface area contributed by atoms with E-state index in [9.17, 15) is 9.59 Å². The number of benzene rings is 1. The number of ether oxygens (including phenoxy) is 1. The van der Waals surface area contributed by atoms with Crippen molar-refractivity contribution < 1.29 is 14.3 Å². The fraction of sp³-hybridized carbons (Fsp3) is 0.467. The fourth-order valence-corrected chi connectivity index (χ4v) is 3.32. The van der Waals surface area contributed by atoms with E-state index in [0.29, 0.717) is 13.0 Å². The van der Waals surface area contributed by atoms with Crippen LogP contribution in [0.3, 0.4) is 0 Å². The van der Waals surface area contributed by atoms with Gasteiger partial charge in [0.25, 0.3) is 0 Å².